The topological polar surface area (TPSA) is 82.8 Å². The molecule has 8 heteroatoms. The quantitative estimate of drug-likeness (QED) is 0.595. The molecule has 0 radical (unpaired) electrons. The number of hydrogen-bond acceptors (Lipinski definition) is 6. The van der Waals surface area contributed by atoms with Gasteiger partial charge in [-0.3, -0.25) is 9.59 Å². The molecule has 0 atom stereocenters. The second-order valence-electron chi connectivity index (χ2n) is 7.82. The molecule has 32 heavy (non-hydrogen) atoms. The summed E-state index contributed by atoms with van der Waals surface area (Å²) in [5.74, 6) is 1.26. The molecule has 1 fully saturated rings. The zero-order valence-electron chi connectivity index (χ0n) is 18.2. The molecule has 0 bridgehead atoms. The molecule has 8 nitrogen and oxygen atoms in total. The number of rotatable bonds is 6. The van der Waals surface area contributed by atoms with E-state index >= 15 is 0 Å². The summed E-state index contributed by atoms with van der Waals surface area (Å²) in [6.45, 7) is 4.50. The molecule has 0 saturated carbocycles. The Morgan fingerprint density at radius 1 is 0.969 bits per heavy atom. The van der Waals surface area contributed by atoms with Gasteiger partial charge >= 0.3 is 0 Å². The number of benzene rings is 1. The monoisotopic (exact) mass is 433 g/mol. The zero-order valence-corrected chi connectivity index (χ0v) is 18.2. The fourth-order valence-corrected chi connectivity index (χ4v) is 3.79. The van der Waals surface area contributed by atoms with Crippen LogP contribution in [-0.2, 0) is 16.1 Å². The first-order chi connectivity index (χ1) is 15.6. The van der Waals surface area contributed by atoms with Crippen molar-refractivity contribution in [1.82, 2.24) is 20.0 Å². The molecule has 3 heterocycles. The molecule has 1 aliphatic heterocycles. The lowest BCUT2D eigenvalue weighted by atomic mass is 10.1. The highest BCUT2D eigenvalue weighted by atomic mass is 16.3. The Bertz CT molecular complexity index is 1020. The van der Waals surface area contributed by atoms with Crippen LogP contribution in [0.25, 0.3) is 11.3 Å². The molecule has 0 N–H and O–H groups in total. The standard InChI is InChI=1S/C24H27N5O3/c1-19(30)29(17-21-9-5-16-32-21)18-24(31)28-13-6-12-27(14-15-28)23-11-10-22(25-26-23)20-7-3-2-4-8-20/h2-5,7-11,16H,6,12-15,17-18H2,1H3. The molecular formula is C24H27N5O3. The Kier molecular flexibility index (Phi) is 6.79. The molecule has 1 aliphatic rings. The number of nitrogens with zero attached hydrogens (tertiary/aromatic N) is 5. The third-order valence-corrected chi connectivity index (χ3v) is 5.59. The number of amides is 2. The number of aromatic nitrogens is 2. The average molecular weight is 434 g/mol. The molecule has 166 valence electrons. The normalized spacial score (nSPS) is 14.2. The van der Waals surface area contributed by atoms with Crippen LogP contribution in [0.5, 0.6) is 0 Å². The number of anilines is 1. The highest BCUT2D eigenvalue weighted by Gasteiger charge is 2.23. The van der Waals surface area contributed by atoms with E-state index in [1.165, 1.54) is 11.8 Å². The van der Waals surface area contributed by atoms with E-state index in [2.05, 4.69) is 15.1 Å². The van der Waals surface area contributed by atoms with Crippen LogP contribution in [0.3, 0.4) is 0 Å². The average Bonchev–Trinajstić information content (AvgIpc) is 3.20. The maximum absolute atomic E-state index is 12.9. The first-order valence-corrected chi connectivity index (χ1v) is 10.8. The maximum atomic E-state index is 12.9. The minimum Gasteiger partial charge on any atom is -0.467 e. The van der Waals surface area contributed by atoms with E-state index < -0.39 is 0 Å². The van der Waals surface area contributed by atoms with E-state index in [0.29, 0.717) is 25.4 Å². The van der Waals surface area contributed by atoms with E-state index in [-0.39, 0.29) is 24.9 Å². The predicted molar refractivity (Wildman–Crippen MR) is 121 cm³/mol. The van der Waals surface area contributed by atoms with Gasteiger partial charge in [0.05, 0.1) is 18.5 Å². The van der Waals surface area contributed by atoms with Gasteiger partial charge in [-0.25, -0.2) is 0 Å². The molecule has 1 saturated heterocycles. The lowest BCUT2D eigenvalue weighted by molar-refractivity contribution is -0.139. The van der Waals surface area contributed by atoms with Gasteiger partial charge in [-0.15, -0.1) is 10.2 Å². The van der Waals surface area contributed by atoms with Crippen molar-refractivity contribution >= 4 is 17.6 Å². The van der Waals surface area contributed by atoms with Gasteiger partial charge in [0.1, 0.15) is 12.3 Å². The Hall–Kier alpha value is -3.68. The van der Waals surface area contributed by atoms with Crippen LogP contribution < -0.4 is 4.90 Å². The third kappa shape index (κ3) is 5.32. The van der Waals surface area contributed by atoms with Gasteiger partial charge in [-0.1, -0.05) is 30.3 Å². The molecular weight excluding hydrogens is 406 g/mol. The summed E-state index contributed by atoms with van der Waals surface area (Å²) in [6, 6.07) is 17.5. The second kappa shape index (κ2) is 10.1. The van der Waals surface area contributed by atoms with E-state index in [9.17, 15) is 9.59 Å². The highest BCUT2D eigenvalue weighted by molar-refractivity contribution is 5.83. The van der Waals surface area contributed by atoms with Crippen LogP contribution in [0.15, 0.2) is 65.3 Å². The lowest BCUT2D eigenvalue weighted by Gasteiger charge is -2.26. The highest BCUT2D eigenvalue weighted by Crippen LogP contribution is 2.19. The summed E-state index contributed by atoms with van der Waals surface area (Å²) >= 11 is 0. The van der Waals surface area contributed by atoms with Crippen molar-refractivity contribution in [1.29, 1.82) is 0 Å². The molecule has 2 aromatic heterocycles. The third-order valence-electron chi connectivity index (χ3n) is 5.59. The fraction of sp³-hybridized carbons (Fsp3) is 0.333. The van der Waals surface area contributed by atoms with Crippen molar-refractivity contribution in [3.8, 4) is 11.3 Å². The van der Waals surface area contributed by atoms with Crippen molar-refractivity contribution in [2.24, 2.45) is 0 Å². The summed E-state index contributed by atoms with van der Waals surface area (Å²) in [7, 11) is 0. The van der Waals surface area contributed by atoms with E-state index in [1.54, 1.807) is 18.4 Å². The second-order valence-corrected chi connectivity index (χ2v) is 7.82. The van der Waals surface area contributed by atoms with Crippen LogP contribution in [0, 0.1) is 0 Å². The van der Waals surface area contributed by atoms with Gasteiger partial charge in [0.15, 0.2) is 5.82 Å². The maximum Gasteiger partial charge on any atom is 0.242 e. The van der Waals surface area contributed by atoms with E-state index in [0.717, 1.165) is 30.0 Å². The largest absolute Gasteiger partial charge is 0.467 e. The molecule has 0 unspecified atom stereocenters. The Morgan fingerprint density at radius 3 is 2.50 bits per heavy atom. The van der Waals surface area contributed by atoms with Gasteiger partial charge in [0.2, 0.25) is 11.8 Å². The number of carbonyl (C=O) groups excluding carboxylic acids is 2. The van der Waals surface area contributed by atoms with Crippen molar-refractivity contribution in [2.45, 2.75) is 19.9 Å². The molecule has 3 aromatic rings. The predicted octanol–water partition coefficient (Wildman–Crippen LogP) is 2.82. The lowest BCUT2D eigenvalue weighted by Crippen LogP contribution is -2.43. The van der Waals surface area contributed by atoms with Gasteiger partial charge in [0.25, 0.3) is 0 Å². The van der Waals surface area contributed by atoms with Crippen molar-refractivity contribution in [2.75, 3.05) is 37.6 Å². The van der Waals surface area contributed by atoms with Gasteiger partial charge < -0.3 is 19.1 Å². The minimum atomic E-state index is -0.153. The summed E-state index contributed by atoms with van der Waals surface area (Å²) in [4.78, 5) is 30.4. The molecule has 1 aromatic carbocycles. The summed E-state index contributed by atoms with van der Waals surface area (Å²) in [5.41, 5.74) is 1.87. The summed E-state index contributed by atoms with van der Waals surface area (Å²) in [6.07, 6.45) is 2.39. The van der Waals surface area contributed by atoms with Crippen molar-refractivity contribution < 1.29 is 14.0 Å². The zero-order chi connectivity index (χ0) is 22.3. The molecule has 0 aliphatic carbocycles. The smallest absolute Gasteiger partial charge is 0.242 e. The fourth-order valence-electron chi connectivity index (χ4n) is 3.79. The van der Waals surface area contributed by atoms with Crippen LogP contribution in [0.1, 0.15) is 19.1 Å². The van der Waals surface area contributed by atoms with Crippen LogP contribution in [0.4, 0.5) is 5.82 Å². The van der Waals surface area contributed by atoms with Crippen LogP contribution >= 0.6 is 0 Å². The molecule has 2 amide bonds. The van der Waals surface area contributed by atoms with Gasteiger partial charge in [0, 0.05) is 38.7 Å². The first-order valence-electron chi connectivity index (χ1n) is 10.8. The number of carbonyl (C=O) groups is 2. The van der Waals surface area contributed by atoms with Gasteiger partial charge in [-0.05, 0) is 30.7 Å². The Balaban J connectivity index is 1.35. The summed E-state index contributed by atoms with van der Waals surface area (Å²) in [5, 5.41) is 8.79. The molecule has 4 rings (SSSR count). The van der Waals surface area contributed by atoms with Crippen molar-refractivity contribution in [3.05, 3.63) is 66.6 Å². The number of hydrogen-bond donors (Lipinski definition) is 0. The van der Waals surface area contributed by atoms with Gasteiger partial charge in [-0.2, -0.15) is 0 Å². The number of furan rings is 1. The first kappa shape index (κ1) is 21.5. The van der Waals surface area contributed by atoms with Crippen molar-refractivity contribution in [3.63, 3.8) is 0 Å². The molecule has 0 spiro atoms. The van der Waals surface area contributed by atoms with Crippen LogP contribution in [0.2, 0.25) is 0 Å². The minimum absolute atomic E-state index is 0.0433. The Morgan fingerprint density at radius 2 is 1.81 bits per heavy atom. The van der Waals surface area contributed by atoms with E-state index in [1.807, 2.05) is 47.4 Å². The SMILES string of the molecule is CC(=O)N(CC(=O)N1CCCN(c2ccc(-c3ccccc3)nn2)CC1)Cc1ccco1. The summed E-state index contributed by atoms with van der Waals surface area (Å²) < 4.78 is 5.32. The van der Waals surface area contributed by atoms with E-state index in [4.69, 9.17) is 4.42 Å². The Labute approximate surface area is 187 Å². The van der Waals surface area contributed by atoms with Crippen LogP contribution in [-0.4, -0.2) is 64.5 Å².